The van der Waals surface area contributed by atoms with Gasteiger partial charge in [0.25, 0.3) is 0 Å². The Morgan fingerprint density at radius 3 is 2.78 bits per heavy atom. The zero-order valence-corrected chi connectivity index (χ0v) is 17.8. The highest BCUT2D eigenvalue weighted by Gasteiger charge is 2.09. The molecule has 1 aromatic carbocycles. The molecule has 1 heterocycles. The first-order chi connectivity index (χ1) is 13.0. The topological polar surface area (TPSA) is 75.3 Å². The van der Waals surface area contributed by atoms with Crippen LogP contribution in [0.2, 0.25) is 0 Å². The second-order valence-corrected chi connectivity index (χ2v) is 7.59. The molecule has 148 valence electrons. The van der Waals surface area contributed by atoms with Crippen molar-refractivity contribution < 1.29 is 4.52 Å². The number of hydrogen-bond acceptors (Lipinski definition) is 5. The van der Waals surface area contributed by atoms with Crippen molar-refractivity contribution in [3.8, 4) is 0 Å². The minimum atomic E-state index is 0.293. The van der Waals surface area contributed by atoms with E-state index in [0.717, 1.165) is 37.7 Å². The van der Waals surface area contributed by atoms with E-state index < -0.39 is 0 Å². The summed E-state index contributed by atoms with van der Waals surface area (Å²) in [4.78, 5) is 10.4. The van der Waals surface area contributed by atoms with Gasteiger partial charge in [-0.3, -0.25) is 0 Å². The third-order valence-electron chi connectivity index (χ3n) is 4.05. The first-order valence-electron chi connectivity index (χ1n) is 9.51. The maximum Gasteiger partial charge on any atom is 0.226 e. The van der Waals surface area contributed by atoms with Crippen LogP contribution in [0.5, 0.6) is 0 Å². The lowest BCUT2D eigenvalue weighted by atomic mass is 10.1. The second-order valence-electron chi connectivity index (χ2n) is 6.74. The first kappa shape index (κ1) is 21.3. The van der Waals surface area contributed by atoms with Crippen LogP contribution in [0.25, 0.3) is 0 Å². The van der Waals surface area contributed by atoms with Crippen LogP contribution in [0.1, 0.15) is 56.0 Å². The van der Waals surface area contributed by atoms with E-state index in [1.54, 1.807) is 11.8 Å². The maximum atomic E-state index is 5.28. The van der Waals surface area contributed by atoms with Gasteiger partial charge in [-0.15, -0.1) is 11.8 Å². The van der Waals surface area contributed by atoms with Crippen LogP contribution in [0.15, 0.2) is 32.6 Å². The van der Waals surface area contributed by atoms with E-state index in [0.29, 0.717) is 18.4 Å². The smallest absolute Gasteiger partial charge is 0.226 e. The number of hydrogen-bond donors (Lipinski definition) is 2. The van der Waals surface area contributed by atoms with Gasteiger partial charge in [-0.1, -0.05) is 31.1 Å². The summed E-state index contributed by atoms with van der Waals surface area (Å²) in [5.74, 6) is 2.60. The highest BCUT2D eigenvalue weighted by Crippen LogP contribution is 2.22. The monoisotopic (exact) mass is 389 g/mol. The number of aryl methyl sites for hydroxylation is 2. The molecule has 2 rings (SSSR count). The third-order valence-corrected chi connectivity index (χ3v) is 4.87. The van der Waals surface area contributed by atoms with Crippen molar-refractivity contribution in [3.63, 3.8) is 0 Å². The predicted octanol–water partition coefficient (Wildman–Crippen LogP) is 3.91. The molecule has 0 radical (unpaired) electrons. The van der Waals surface area contributed by atoms with Gasteiger partial charge in [0.15, 0.2) is 11.8 Å². The number of nitrogens with zero attached hydrogens (tertiary/aromatic N) is 3. The van der Waals surface area contributed by atoms with Crippen LogP contribution in [0.3, 0.4) is 0 Å². The number of guanidine groups is 1. The largest absolute Gasteiger partial charge is 0.357 e. The SMILES string of the molecule is CCNC(=NCc1ccc(C)cc1SC)NCCCc1nc(C(C)C)no1. The van der Waals surface area contributed by atoms with E-state index in [9.17, 15) is 0 Å². The predicted molar refractivity (Wildman–Crippen MR) is 112 cm³/mol. The van der Waals surface area contributed by atoms with Gasteiger partial charge in [-0.2, -0.15) is 4.98 Å². The number of benzene rings is 1. The van der Waals surface area contributed by atoms with Gasteiger partial charge in [0.2, 0.25) is 5.89 Å². The molecule has 2 aromatic rings. The molecule has 0 amide bonds. The van der Waals surface area contributed by atoms with Crippen LogP contribution in [0, 0.1) is 6.92 Å². The van der Waals surface area contributed by atoms with Crippen LogP contribution >= 0.6 is 11.8 Å². The molecule has 0 fully saturated rings. The van der Waals surface area contributed by atoms with E-state index in [1.807, 2.05) is 0 Å². The molecule has 0 aliphatic heterocycles. The summed E-state index contributed by atoms with van der Waals surface area (Å²) in [6.07, 6.45) is 3.78. The highest BCUT2D eigenvalue weighted by atomic mass is 32.2. The van der Waals surface area contributed by atoms with Gasteiger partial charge >= 0.3 is 0 Å². The van der Waals surface area contributed by atoms with Gasteiger partial charge in [-0.05, 0) is 43.7 Å². The molecular weight excluding hydrogens is 358 g/mol. The highest BCUT2D eigenvalue weighted by molar-refractivity contribution is 7.98. The van der Waals surface area contributed by atoms with E-state index in [4.69, 9.17) is 9.52 Å². The number of aromatic nitrogens is 2. The van der Waals surface area contributed by atoms with E-state index in [1.165, 1.54) is 16.0 Å². The van der Waals surface area contributed by atoms with E-state index in [2.05, 4.69) is 72.9 Å². The van der Waals surface area contributed by atoms with Crippen molar-refractivity contribution in [2.24, 2.45) is 4.99 Å². The molecule has 0 bridgehead atoms. The molecule has 0 aliphatic carbocycles. The van der Waals surface area contributed by atoms with Gasteiger partial charge in [0.1, 0.15) is 0 Å². The zero-order valence-electron chi connectivity index (χ0n) is 17.0. The Labute approximate surface area is 166 Å². The molecule has 6 nitrogen and oxygen atoms in total. The molecule has 0 aliphatic rings. The van der Waals surface area contributed by atoms with Gasteiger partial charge in [0, 0.05) is 30.3 Å². The molecule has 0 atom stereocenters. The Morgan fingerprint density at radius 1 is 1.30 bits per heavy atom. The zero-order chi connectivity index (χ0) is 19.6. The third kappa shape index (κ3) is 6.90. The average molecular weight is 390 g/mol. The van der Waals surface area contributed by atoms with Gasteiger partial charge in [-0.25, -0.2) is 4.99 Å². The van der Waals surface area contributed by atoms with Crippen molar-refractivity contribution in [2.45, 2.75) is 57.9 Å². The molecular formula is C20H31N5OS. The Balaban J connectivity index is 1.86. The Bertz CT molecular complexity index is 742. The summed E-state index contributed by atoms with van der Waals surface area (Å²) < 4.78 is 5.28. The molecule has 0 spiro atoms. The van der Waals surface area contributed by atoms with E-state index >= 15 is 0 Å². The van der Waals surface area contributed by atoms with Crippen molar-refractivity contribution in [3.05, 3.63) is 41.0 Å². The fourth-order valence-electron chi connectivity index (χ4n) is 2.54. The summed E-state index contributed by atoms with van der Waals surface area (Å²) in [7, 11) is 0. The number of aliphatic imine (C=N–C) groups is 1. The Hall–Kier alpha value is -2.02. The molecule has 1 aromatic heterocycles. The van der Waals surface area contributed by atoms with Crippen LogP contribution in [0.4, 0.5) is 0 Å². The van der Waals surface area contributed by atoms with E-state index in [-0.39, 0.29) is 0 Å². The Kier molecular flexibility index (Phi) is 8.64. The molecule has 7 heteroatoms. The minimum Gasteiger partial charge on any atom is -0.357 e. The summed E-state index contributed by atoms with van der Waals surface area (Å²) in [6, 6.07) is 6.52. The Morgan fingerprint density at radius 2 is 2.11 bits per heavy atom. The molecule has 27 heavy (non-hydrogen) atoms. The first-order valence-corrected chi connectivity index (χ1v) is 10.7. The molecule has 0 saturated heterocycles. The molecule has 0 unspecified atom stereocenters. The lowest BCUT2D eigenvalue weighted by Gasteiger charge is -2.12. The lowest BCUT2D eigenvalue weighted by Crippen LogP contribution is -2.37. The quantitative estimate of drug-likeness (QED) is 0.293. The molecule has 2 N–H and O–H groups in total. The van der Waals surface area contributed by atoms with Gasteiger partial charge in [0.05, 0.1) is 6.54 Å². The lowest BCUT2D eigenvalue weighted by molar-refractivity contribution is 0.368. The number of thioether (sulfide) groups is 1. The minimum absolute atomic E-state index is 0.293. The van der Waals surface area contributed by atoms with Crippen molar-refractivity contribution in [1.29, 1.82) is 0 Å². The summed E-state index contributed by atoms with van der Waals surface area (Å²) in [5, 5.41) is 10.7. The number of rotatable bonds is 9. The normalized spacial score (nSPS) is 11.9. The summed E-state index contributed by atoms with van der Waals surface area (Å²) in [6.45, 7) is 10.6. The number of nitrogens with one attached hydrogen (secondary N) is 2. The van der Waals surface area contributed by atoms with Crippen LogP contribution in [-0.2, 0) is 13.0 Å². The fourth-order valence-corrected chi connectivity index (χ4v) is 3.24. The fraction of sp³-hybridized carbons (Fsp3) is 0.550. The van der Waals surface area contributed by atoms with Crippen molar-refractivity contribution >= 4 is 17.7 Å². The molecule has 0 saturated carbocycles. The van der Waals surface area contributed by atoms with Crippen molar-refractivity contribution in [2.75, 3.05) is 19.3 Å². The maximum absolute atomic E-state index is 5.28. The summed E-state index contributed by atoms with van der Waals surface area (Å²) >= 11 is 1.76. The standard InChI is InChI=1S/C20H31N5OS/c1-6-21-20(23-13-16-10-9-15(4)12-17(16)27-5)22-11-7-8-18-24-19(14(2)3)25-26-18/h9-10,12,14H,6-8,11,13H2,1-5H3,(H2,21,22,23). The van der Waals surface area contributed by atoms with Crippen LogP contribution < -0.4 is 10.6 Å². The average Bonchev–Trinajstić information content (AvgIpc) is 3.13. The second kappa shape index (κ2) is 11.0. The summed E-state index contributed by atoms with van der Waals surface area (Å²) in [5.41, 5.74) is 2.52. The van der Waals surface area contributed by atoms with Crippen LogP contribution in [-0.4, -0.2) is 35.4 Å². The van der Waals surface area contributed by atoms with Crippen molar-refractivity contribution in [1.82, 2.24) is 20.8 Å². The van der Waals surface area contributed by atoms with Gasteiger partial charge < -0.3 is 15.2 Å².